The van der Waals surface area contributed by atoms with Gasteiger partial charge in [-0.3, -0.25) is 4.79 Å². The first-order valence-corrected chi connectivity index (χ1v) is 6.54. The molecule has 0 aliphatic carbocycles. The lowest BCUT2D eigenvalue weighted by atomic mass is 10.1. The van der Waals surface area contributed by atoms with Crippen LogP contribution in [-0.2, 0) is 0 Å². The summed E-state index contributed by atoms with van der Waals surface area (Å²) in [5, 5.41) is 0.666. The Balaban J connectivity index is 3.19. The van der Waals surface area contributed by atoms with E-state index in [1.165, 1.54) is 0 Å². The van der Waals surface area contributed by atoms with Gasteiger partial charge in [0.05, 0.1) is 10.7 Å². The molecule has 94 valence electrons. The molecule has 0 aliphatic heterocycles. The fraction of sp³-hybridized carbons (Fsp3) is 0.500. The second-order valence-electron chi connectivity index (χ2n) is 4.18. The van der Waals surface area contributed by atoms with Gasteiger partial charge in [0.2, 0.25) is 0 Å². The molecule has 0 heterocycles. The number of carbonyl (C=O) groups is 1. The predicted molar refractivity (Wildman–Crippen MR) is 74.3 cm³/mol. The van der Waals surface area contributed by atoms with Crippen LogP contribution in [-0.4, -0.2) is 18.9 Å². The van der Waals surface area contributed by atoms with Gasteiger partial charge in [-0.25, -0.2) is 0 Å². The van der Waals surface area contributed by atoms with Crippen LogP contribution < -0.4 is 4.90 Å². The zero-order valence-corrected chi connectivity index (χ0v) is 11.5. The minimum atomic E-state index is 0.0692. The Labute approximate surface area is 109 Å². The fourth-order valence-corrected chi connectivity index (χ4v) is 2.29. The van der Waals surface area contributed by atoms with Crippen LogP contribution >= 0.6 is 11.6 Å². The molecule has 0 N–H and O–H groups in total. The molecule has 0 saturated carbocycles. The smallest absolute Gasteiger partial charge is 0.161 e. The number of nitrogens with zero attached hydrogens (tertiary/aromatic N) is 1. The zero-order valence-electron chi connectivity index (χ0n) is 10.8. The highest BCUT2D eigenvalue weighted by Crippen LogP contribution is 2.30. The van der Waals surface area contributed by atoms with Gasteiger partial charge in [-0.05, 0) is 31.9 Å². The summed E-state index contributed by atoms with van der Waals surface area (Å²) in [5.74, 6) is 0.0692. The number of hydrogen-bond donors (Lipinski definition) is 0. The molecular weight excluding hydrogens is 234 g/mol. The maximum atomic E-state index is 11.6. The Hall–Kier alpha value is -1.02. The van der Waals surface area contributed by atoms with Crippen LogP contribution in [0.25, 0.3) is 0 Å². The van der Waals surface area contributed by atoms with Gasteiger partial charge in [0.15, 0.2) is 5.78 Å². The van der Waals surface area contributed by atoms with Crippen molar-refractivity contribution in [3.63, 3.8) is 0 Å². The number of carbonyl (C=O) groups excluding carboxylic acids is 1. The first-order valence-electron chi connectivity index (χ1n) is 6.16. The number of para-hydroxylation sites is 1. The summed E-state index contributed by atoms with van der Waals surface area (Å²) in [5.41, 5.74) is 1.62. The van der Waals surface area contributed by atoms with Crippen LogP contribution in [0.2, 0.25) is 5.02 Å². The average Bonchev–Trinajstić information content (AvgIpc) is 2.28. The van der Waals surface area contributed by atoms with E-state index in [2.05, 4.69) is 18.7 Å². The van der Waals surface area contributed by atoms with Crippen LogP contribution in [0.15, 0.2) is 18.2 Å². The molecule has 2 nitrogen and oxygen atoms in total. The SMILES string of the molecule is CCCN(CCC)c1c(Cl)cccc1C(C)=O. The van der Waals surface area contributed by atoms with Gasteiger partial charge in [-0.15, -0.1) is 0 Å². The number of benzene rings is 1. The fourth-order valence-electron chi connectivity index (χ4n) is 2.00. The number of hydrogen-bond acceptors (Lipinski definition) is 2. The maximum absolute atomic E-state index is 11.6. The molecule has 0 amide bonds. The van der Waals surface area contributed by atoms with Gasteiger partial charge >= 0.3 is 0 Å². The lowest BCUT2D eigenvalue weighted by molar-refractivity contribution is 0.101. The minimum absolute atomic E-state index is 0.0692. The quantitative estimate of drug-likeness (QED) is 0.710. The summed E-state index contributed by atoms with van der Waals surface area (Å²) < 4.78 is 0. The second-order valence-corrected chi connectivity index (χ2v) is 4.59. The number of halogens is 1. The van der Waals surface area contributed by atoms with Crippen molar-refractivity contribution in [1.29, 1.82) is 0 Å². The standard InChI is InChI=1S/C14H20ClNO/c1-4-9-16(10-5-2)14-12(11(3)17)7-6-8-13(14)15/h6-8H,4-5,9-10H2,1-3H3. The Morgan fingerprint density at radius 2 is 1.82 bits per heavy atom. The minimum Gasteiger partial charge on any atom is -0.370 e. The highest BCUT2D eigenvalue weighted by atomic mass is 35.5. The molecular formula is C14H20ClNO. The van der Waals surface area contributed by atoms with Gasteiger partial charge in [0.25, 0.3) is 0 Å². The number of Topliss-reactive ketones (excluding diaryl/α,β-unsaturated/α-hetero) is 1. The molecule has 0 fully saturated rings. The second kappa shape index (κ2) is 6.65. The third-order valence-corrected chi connectivity index (χ3v) is 2.97. The van der Waals surface area contributed by atoms with Crippen molar-refractivity contribution in [3.8, 4) is 0 Å². The molecule has 0 bridgehead atoms. The summed E-state index contributed by atoms with van der Waals surface area (Å²) in [6.07, 6.45) is 2.09. The predicted octanol–water partition coefficient (Wildman–Crippen LogP) is 4.17. The Morgan fingerprint density at radius 3 is 2.29 bits per heavy atom. The molecule has 0 aromatic heterocycles. The molecule has 0 aliphatic rings. The van der Waals surface area contributed by atoms with Crippen LogP contribution in [0, 0.1) is 0 Å². The first kappa shape index (κ1) is 14.0. The third kappa shape index (κ3) is 3.47. The Bertz CT molecular complexity index is 384. The average molecular weight is 254 g/mol. The Morgan fingerprint density at radius 1 is 1.24 bits per heavy atom. The molecule has 0 saturated heterocycles. The van der Waals surface area contributed by atoms with Gasteiger partial charge < -0.3 is 4.90 Å². The van der Waals surface area contributed by atoms with E-state index in [9.17, 15) is 4.79 Å². The summed E-state index contributed by atoms with van der Waals surface area (Å²) >= 11 is 6.25. The van der Waals surface area contributed by atoms with E-state index in [1.54, 1.807) is 6.92 Å². The molecule has 0 atom stereocenters. The van der Waals surface area contributed by atoms with E-state index in [4.69, 9.17) is 11.6 Å². The molecule has 1 aromatic carbocycles. The molecule has 1 rings (SSSR count). The normalized spacial score (nSPS) is 10.4. The van der Waals surface area contributed by atoms with Gasteiger partial charge in [-0.2, -0.15) is 0 Å². The monoisotopic (exact) mass is 253 g/mol. The highest BCUT2D eigenvalue weighted by molar-refractivity contribution is 6.34. The van der Waals surface area contributed by atoms with Crippen molar-refractivity contribution in [2.75, 3.05) is 18.0 Å². The van der Waals surface area contributed by atoms with Crippen LogP contribution in [0.5, 0.6) is 0 Å². The van der Waals surface area contributed by atoms with Crippen molar-refractivity contribution in [2.24, 2.45) is 0 Å². The van der Waals surface area contributed by atoms with Gasteiger partial charge in [0.1, 0.15) is 0 Å². The van der Waals surface area contributed by atoms with E-state index in [-0.39, 0.29) is 5.78 Å². The van der Waals surface area contributed by atoms with Gasteiger partial charge in [-0.1, -0.05) is 31.5 Å². The van der Waals surface area contributed by atoms with E-state index in [0.717, 1.165) is 37.2 Å². The van der Waals surface area contributed by atoms with Crippen LogP contribution in [0.3, 0.4) is 0 Å². The van der Waals surface area contributed by atoms with Crippen molar-refractivity contribution in [2.45, 2.75) is 33.6 Å². The van der Waals surface area contributed by atoms with E-state index < -0.39 is 0 Å². The zero-order chi connectivity index (χ0) is 12.8. The van der Waals surface area contributed by atoms with Gasteiger partial charge in [0, 0.05) is 18.7 Å². The van der Waals surface area contributed by atoms with E-state index >= 15 is 0 Å². The Kier molecular flexibility index (Phi) is 5.49. The van der Waals surface area contributed by atoms with Crippen molar-refractivity contribution in [1.82, 2.24) is 0 Å². The van der Waals surface area contributed by atoms with Crippen molar-refractivity contribution < 1.29 is 4.79 Å². The third-order valence-electron chi connectivity index (χ3n) is 2.67. The topological polar surface area (TPSA) is 20.3 Å². The maximum Gasteiger partial charge on any atom is 0.161 e. The summed E-state index contributed by atoms with van der Waals surface area (Å²) in [4.78, 5) is 13.9. The molecule has 0 spiro atoms. The summed E-state index contributed by atoms with van der Waals surface area (Å²) in [6.45, 7) is 7.71. The van der Waals surface area contributed by atoms with E-state index in [1.807, 2.05) is 18.2 Å². The molecule has 1 aromatic rings. The van der Waals surface area contributed by atoms with Crippen LogP contribution in [0.4, 0.5) is 5.69 Å². The number of rotatable bonds is 6. The summed E-state index contributed by atoms with van der Waals surface area (Å²) in [6, 6.07) is 5.53. The molecule has 3 heteroatoms. The molecule has 17 heavy (non-hydrogen) atoms. The highest BCUT2D eigenvalue weighted by Gasteiger charge is 2.16. The first-order chi connectivity index (χ1) is 8.11. The van der Waals surface area contributed by atoms with E-state index in [0.29, 0.717) is 5.02 Å². The van der Waals surface area contributed by atoms with Crippen molar-refractivity contribution in [3.05, 3.63) is 28.8 Å². The molecule has 0 unspecified atom stereocenters. The molecule has 0 radical (unpaired) electrons. The summed E-state index contributed by atoms with van der Waals surface area (Å²) in [7, 11) is 0. The number of ketones is 1. The van der Waals surface area contributed by atoms with Crippen molar-refractivity contribution >= 4 is 23.1 Å². The lowest BCUT2D eigenvalue weighted by Gasteiger charge is -2.26. The lowest BCUT2D eigenvalue weighted by Crippen LogP contribution is -2.26. The largest absolute Gasteiger partial charge is 0.370 e. The number of anilines is 1. The van der Waals surface area contributed by atoms with Crippen LogP contribution in [0.1, 0.15) is 44.0 Å².